The molecule has 0 spiro atoms. The molecule has 1 amide bonds. The number of rotatable bonds is 8. The fourth-order valence-electron chi connectivity index (χ4n) is 4.25. The van der Waals surface area contributed by atoms with E-state index in [9.17, 15) is 14.9 Å². The van der Waals surface area contributed by atoms with Crippen LogP contribution in [0.15, 0.2) is 79.0 Å². The molecule has 0 bridgehead atoms. The number of hydrogen-bond donors (Lipinski definition) is 3. The van der Waals surface area contributed by atoms with Gasteiger partial charge in [-0.1, -0.05) is 55.8 Å². The molecule has 5 rings (SSSR count). The van der Waals surface area contributed by atoms with Crippen molar-refractivity contribution in [3.63, 3.8) is 0 Å². The number of fused-ring (bicyclic) bond motifs is 1. The van der Waals surface area contributed by atoms with E-state index < -0.39 is 4.92 Å². The van der Waals surface area contributed by atoms with E-state index in [1.165, 1.54) is 12.1 Å². The Balaban J connectivity index is 1.51. The fraction of sp³-hybridized carbons (Fsp3) is 0.143. The van der Waals surface area contributed by atoms with E-state index in [1.807, 2.05) is 60.8 Å². The zero-order valence-electron chi connectivity index (χ0n) is 19.7. The third-order valence-electron chi connectivity index (χ3n) is 6.12. The number of carbonyl (C=O) groups is 1. The number of benzene rings is 3. The number of anilines is 2. The van der Waals surface area contributed by atoms with Crippen molar-refractivity contribution in [1.29, 1.82) is 0 Å². The minimum absolute atomic E-state index is 0.0724. The number of aromatic amines is 1. The average molecular weight is 480 g/mol. The average Bonchev–Trinajstić information content (AvgIpc) is 3.50. The minimum atomic E-state index is -0.461. The van der Waals surface area contributed by atoms with E-state index in [0.717, 1.165) is 47.6 Å². The predicted octanol–water partition coefficient (Wildman–Crippen LogP) is 6.26. The molecule has 4 aromatic rings. The van der Waals surface area contributed by atoms with Crippen molar-refractivity contribution in [2.75, 3.05) is 10.6 Å². The van der Waals surface area contributed by atoms with Crippen molar-refractivity contribution in [3.8, 4) is 11.3 Å². The molecule has 0 saturated carbocycles. The van der Waals surface area contributed by atoms with Gasteiger partial charge in [-0.05, 0) is 30.2 Å². The Morgan fingerprint density at radius 2 is 1.83 bits per heavy atom. The zero-order valence-corrected chi connectivity index (χ0v) is 19.7. The summed E-state index contributed by atoms with van der Waals surface area (Å²) in [5.41, 5.74) is 5.32. The number of non-ortho nitro benzene ring substituents is 1. The number of nitro groups is 1. The summed E-state index contributed by atoms with van der Waals surface area (Å²) in [6.07, 6.45) is 5.04. The summed E-state index contributed by atoms with van der Waals surface area (Å²) in [6, 6.07) is 21.7. The third-order valence-corrected chi connectivity index (χ3v) is 6.12. The van der Waals surface area contributed by atoms with Gasteiger partial charge in [0.15, 0.2) is 0 Å². The topological polar surface area (TPSA) is 113 Å². The lowest BCUT2D eigenvalue weighted by atomic mass is 9.99. The summed E-state index contributed by atoms with van der Waals surface area (Å²) in [4.78, 5) is 31.9. The number of amides is 1. The molecule has 0 saturated heterocycles. The van der Waals surface area contributed by atoms with Crippen LogP contribution in [-0.4, -0.2) is 20.8 Å². The second kappa shape index (κ2) is 9.87. The van der Waals surface area contributed by atoms with Gasteiger partial charge in [0.1, 0.15) is 5.82 Å². The molecule has 1 aliphatic rings. The molecular weight excluding hydrogens is 454 g/mol. The zero-order chi connectivity index (χ0) is 25.1. The lowest BCUT2D eigenvalue weighted by molar-refractivity contribution is -0.384. The molecule has 0 aliphatic carbocycles. The quantitative estimate of drug-likeness (QED) is 0.157. The first kappa shape index (κ1) is 23.0. The minimum Gasteiger partial charge on any atom is -0.354 e. The molecule has 0 unspecified atom stereocenters. The molecule has 180 valence electrons. The normalized spacial score (nSPS) is 13.8. The number of hydrogen-bond acceptors (Lipinski definition) is 5. The lowest BCUT2D eigenvalue weighted by Gasteiger charge is -2.15. The van der Waals surface area contributed by atoms with Crippen LogP contribution in [0.1, 0.15) is 36.7 Å². The molecule has 36 heavy (non-hydrogen) atoms. The van der Waals surface area contributed by atoms with E-state index in [-0.39, 0.29) is 11.6 Å². The van der Waals surface area contributed by atoms with Gasteiger partial charge in [-0.2, -0.15) is 0 Å². The predicted molar refractivity (Wildman–Crippen MR) is 141 cm³/mol. The van der Waals surface area contributed by atoms with Crippen molar-refractivity contribution in [2.24, 2.45) is 0 Å². The Hall–Kier alpha value is -4.72. The molecule has 0 atom stereocenters. The van der Waals surface area contributed by atoms with Crippen LogP contribution in [0, 0.1) is 10.1 Å². The summed E-state index contributed by atoms with van der Waals surface area (Å²) in [7, 11) is 0. The Kier molecular flexibility index (Phi) is 6.32. The van der Waals surface area contributed by atoms with E-state index in [2.05, 4.69) is 27.5 Å². The van der Waals surface area contributed by atoms with Crippen molar-refractivity contribution in [2.45, 2.75) is 26.2 Å². The fourth-order valence-corrected chi connectivity index (χ4v) is 4.25. The third kappa shape index (κ3) is 4.61. The summed E-state index contributed by atoms with van der Waals surface area (Å²) in [5, 5.41) is 17.6. The van der Waals surface area contributed by atoms with E-state index in [1.54, 1.807) is 6.07 Å². The molecule has 1 aliphatic heterocycles. The highest BCUT2D eigenvalue weighted by Gasteiger charge is 2.30. The van der Waals surface area contributed by atoms with Gasteiger partial charge in [0.2, 0.25) is 0 Å². The van der Waals surface area contributed by atoms with Crippen LogP contribution < -0.4 is 10.6 Å². The number of unbranched alkanes of at least 4 members (excludes halogenated alkanes) is 1. The number of nitro benzene ring substituents is 1. The van der Waals surface area contributed by atoms with Crippen LogP contribution in [0.2, 0.25) is 0 Å². The van der Waals surface area contributed by atoms with Crippen LogP contribution in [-0.2, 0) is 11.2 Å². The number of aryl methyl sites for hydroxylation is 1. The highest BCUT2D eigenvalue weighted by Crippen LogP contribution is 2.39. The Morgan fingerprint density at radius 1 is 1.06 bits per heavy atom. The van der Waals surface area contributed by atoms with Gasteiger partial charge < -0.3 is 15.6 Å². The maximum atomic E-state index is 13.0. The Bertz CT molecular complexity index is 1460. The Labute approximate surface area is 208 Å². The molecule has 1 aromatic heterocycles. The Morgan fingerprint density at radius 3 is 2.56 bits per heavy atom. The van der Waals surface area contributed by atoms with Gasteiger partial charge in [-0.3, -0.25) is 14.9 Å². The lowest BCUT2D eigenvalue weighted by Crippen LogP contribution is -2.10. The maximum Gasteiger partial charge on any atom is 0.270 e. The highest BCUT2D eigenvalue weighted by atomic mass is 16.6. The molecule has 8 nitrogen and oxygen atoms in total. The molecule has 8 heteroatoms. The van der Waals surface area contributed by atoms with E-state index in [0.29, 0.717) is 22.5 Å². The van der Waals surface area contributed by atoms with Gasteiger partial charge in [0.25, 0.3) is 11.6 Å². The van der Waals surface area contributed by atoms with Crippen LogP contribution in [0.5, 0.6) is 0 Å². The second-order valence-electron chi connectivity index (χ2n) is 8.60. The summed E-state index contributed by atoms with van der Waals surface area (Å²) >= 11 is 0. The van der Waals surface area contributed by atoms with Crippen molar-refractivity contribution < 1.29 is 9.72 Å². The summed E-state index contributed by atoms with van der Waals surface area (Å²) in [5.74, 6) is 0.662. The first-order chi connectivity index (χ1) is 17.5. The number of carbonyl (C=O) groups excluding carboxylic acids is 1. The maximum absolute atomic E-state index is 13.0. The van der Waals surface area contributed by atoms with E-state index in [4.69, 9.17) is 0 Å². The molecule has 2 heterocycles. The van der Waals surface area contributed by atoms with Crippen LogP contribution in [0.25, 0.3) is 22.5 Å². The molecule has 3 N–H and O–H groups in total. The molecule has 0 radical (unpaired) electrons. The number of H-pyrrole nitrogens is 1. The number of nitrogens with zero attached hydrogens (tertiary/aromatic N) is 2. The number of nitrogens with one attached hydrogen (secondary N) is 3. The molecule has 3 aromatic carbocycles. The van der Waals surface area contributed by atoms with Gasteiger partial charge >= 0.3 is 0 Å². The summed E-state index contributed by atoms with van der Waals surface area (Å²) in [6.45, 7) is 2.16. The molecular formula is C28H25N5O3. The smallest absolute Gasteiger partial charge is 0.270 e. The summed E-state index contributed by atoms with van der Waals surface area (Å²) < 4.78 is 0. The first-order valence-electron chi connectivity index (χ1n) is 11.8. The van der Waals surface area contributed by atoms with Gasteiger partial charge in [-0.15, -0.1) is 0 Å². The number of aromatic nitrogens is 2. The van der Waals surface area contributed by atoms with Crippen molar-refractivity contribution >= 4 is 34.2 Å². The SMILES string of the molecule is CCCCc1nc(-c2ccc(N/C(=C3\C(=O)Nc4ccc([N+](=O)[O-])cc43)c3ccccc3)cc2)c[nH]1. The standard InChI is InChI=1S/C28H25N5O3/c1-2-3-9-25-29-17-24(31-25)18-10-12-20(13-11-18)30-27(19-7-5-4-6-8-19)26-22-16-21(33(35)36)14-15-23(22)32-28(26)34/h4-8,10-17,30H,2-3,9H2,1H3,(H,29,31)(H,32,34)/b27-26-. The van der Waals surface area contributed by atoms with Crippen molar-refractivity contribution in [3.05, 3.63) is 106 Å². The largest absolute Gasteiger partial charge is 0.354 e. The first-order valence-corrected chi connectivity index (χ1v) is 11.8. The van der Waals surface area contributed by atoms with Gasteiger partial charge in [0, 0.05) is 47.3 Å². The highest BCUT2D eigenvalue weighted by molar-refractivity contribution is 6.37. The number of imidazole rings is 1. The second-order valence-corrected chi connectivity index (χ2v) is 8.60. The van der Waals surface area contributed by atoms with Crippen molar-refractivity contribution in [1.82, 2.24) is 9.97 Å². The van der Waals surface area contributed by atoms with Crippen LogP contribution in [0.3, 0.4) is 0 Å². The van der Waals surface area contributed by atoms with Crippen LogP contribution in [0.4, 0.5) is 17.1 Å². The van der Waals surface area contributed by atoms with Gasteiger partial charge in [-0.25, -0.2) is 4.98 Å². The van der Waals surface area contributed by atoms with Gasteiger partial charge in [0.05, 0.1) is 21.9 Å². The monoisotopic (exact) mass is 479 g/mol. The van der Waals surface area contributed by atoms with Crippen LogP contribution >= 0.6 is 0 Å². The molecule has 0 fully saturated rings. The van der Waals surface area contributed by atoms with E-state index >= 15 is 0 Å².